The van der Waals surface area contributed by atoms with Gasteiger partial charge in [-0.25, -0.2) is 4.98 Å². The number of amides is 1. The zero-order chi connectivity index (χ0) is 18.8. The minimum atomic E-state index is 0.0349. The maximum absolute atomic E-state index is 12.6. The fourth-order valence-electron chi connectivity index (χ4n) is 3.12. The zero-order valence-electron chi connectivity index (χ0n) is 16.3. The predicted octanol–water partition coefficient (Wildman–Crippen LogP) is 4.38. The Morgan fingerprint density at radius 2 is 1.92 bits per heavy atom. The van der Waals surface area contributed by atoms with E-state index in [0.717, 1.165) is 34.6 Å². The van der Waals surface area contributed by atoms with Crippen LogP contribution in [0.3, 0.4) is 0 Å². The van der Waals surface area contributed by atoms with Gasteiger partial charge in [0.2, 0.25) is 5.91 Å². The lowest BCUT2D eigenvalue weighted by Gasteiger charge is -2.12. The van der Waals surface area contributed by atoms with Crippen LogP contribution in [0.5, 0.6) is 0 Å². The predicted molar refractivity (Wildman–Crippen MR) is 106 cm³/mol. The molecule has 3 aromatic rings. The molecule has 2 heterocycles. The summed E-state index contributed by atoms with van der Waals surface area (Å²) < 4.78 is 2.05. The molecule has 0 aliphatic rings. The van der Waals surface area contributed by atoms with Crippen LogP contribution >= 0.6 is 0 Å². The molecule has 0 aliphatic carbocycles. The van der Waals surface area contributed by atoms with Crippen molar-refractivity contribution in [3.05, 3.63) is 58.9 Å². The Morgan fingerprint density at radius 3 is 2.62 bits per heavy atom. The Kier molecular flexibility index (Phi) is 5.12. The van der Waals surface area contributed by atoms with Crippen molar-refractivity contribution in [3.8, 4) is 11.3 Å². The van der Waals surface area contributed by atoms with Gasteiger partial charge < -0.3 is 9.72 Å². The van der Waals surface area contributed by atoms with Crippen LogP contribution in [0.4, 0.5) is 0 Å². The quantitative estimate of drug-likeness (QED) is 0.743. The SMILES string of the molecule is CCC(C)NC(=O)Cc1c(-c2ccc(C)c(C)c2)nc2c(C)cccn12. The molecule has 0 saturated heterocycles. The summed E-state index contributed by atoms with van der Waals surface area (Å²) in [6.07, 6.45) is 3.23. The molecular weight excluding hydrogens is 322 g/mol. The van der Waals surface area contributed by atoms with Crippen molar-refractivity contribution in [1.82, 2.24) is 14.7 Å². The molecule has 0 spiro atoms. The molecule has 1 unspecified atom stereocenters. The summed E-state index contributed by atoms with van der Waals surface area (Å²) in [4.78, 5) is 17.4. The molecule has 4 heteroatoms. The first-order valence-corrected chi connectivity index (χ1v) is 9.24. The topological polar surface area (TPSA) is 46.4 Å². The Balaban J connectivity index is 2.11. The molecule has 0 bridgehead atoms. The normalized spacial score (nSPS) is 12.3. The van der Waals surface area contributed by atoms with E-state index in [2.05, 4.69) is 61.7 Å². The highest BCUT2D eigenvalue weighted by Crippen LogP contribution is 2.28. The number of nitrogens with one attached hydrogen (secondary N) is 1. The first-order valence-electron chi connectivity index (χ1n) is 9.24. The number of imidazole rings is 1. The molecule has 3 rings (SSSR count). The minimum absolute atomic E-state index is 0.0349. The molecule has 1 N–H and O–H groups in total. The van der Waals surface area contributed by atoms with E-state index in [1.807, 2.05) is 19.2 Å². The smallest absolute Gasteiger partial charge is 0.226 e. The summed E-state index contributed by atoms with van der Waals surface area (Å²) in [6, 6.07) is 10.6. The van der Waals surface area contributed by atoms with Gasteiger partial charge in [0.25, 0.3) is 0 Å². The molecule has 26 heavy (non-hydrogen) atoms. The van der Waals surface area contributed by atoms with Gasteiger partial charge in [0.1, 0.15) is 5.65 Å². The fraction of sp³-hybridized carbons (Fsp3) is 0.364. The number of rotatable bonds is 5. The number of aromatic nitrogens is 2. The van der Waals surface area contributed by atoms with Crippen LogP contribution in [0.25, 0.3) is 16.9 Å². The van der Waals surface area contributed by atoms with Gasteiger partial charge in [-0.3, -0.25) is 4.79 Å². The number of aryl methyl sites for hydroxylation is 3. The van der Waals surface area contributed by atoms with Crippen molar-refractivity contribution >= 4 is 11.6 Å². The average molecular weight is 349 g/mol. The van der Waals surface area contributed by atoms with Gasteiger partial charge in [0, 0.05) is 17.8 Å². The Morgan fingerprint density at radius 1 is 1.15 bits per heavy atom. The van der Waals surface area contributed by atoms with Crippen LogP contribution in [0.15, 0.2) is 36.5 Å². The first-order chi connectivity index (χ1) is 12.4. The van der Waals surface area contributed by atoms with Crippen molar-refractivity contribution in [1.29, 1.82) is 0 Å². The standard InChI is InChI=1S/C22H27N3O/c1-6-17(5)23-20(26)13-19-21(18-10-9-14(2)16(4)12-18)24-22-15(3)8-7-11-25(19)22/h7-12,17H,6,13H2,1-5H3,(H,23,26). The van der Waals surface area contributed by atoms with Crippen molar-refractivity contribution in [2.24, 2.45) is 0 Å². The number of nitrogens with zero attached hydrogens (tertiary/aromatic N) is 2. The summed E-state index contributed by atoms with van der Waals surface area (Å²) in [5.74, 6) is 0.0349. The van der Waals surface area contributed by atoms with Crippen LogP contribution in [-0.4, -0.2) is 21.3 Å². The number of carbonyl (C=O) groups excluding carboxylic acids is 1. The summed E-state index contributed by atoms with van der Waals surface area (Å²) >= 11 is 0. The van der Waals surface area contributed by atoms with E-state index >= 15 is 0 Å². The number of fused-ring (bicyclic) bond motifs is 1. The third kappa shape index (κ3) is 3.50. The lowest BCUT2D eigenvalue weighted by atomic mass is 10.0. The highest BCUT2D eigenvalue weighted by molar-refractivity contribution is 5.82. The Labute approximate surface area is 155 Å². The average Bonchev–Trinajstić information content (AvgIpc) is 2.97. The third-order valence-electron chi connectivity index (χ3n) is 5.07. The molecule has 4 nitrogen and oxygen atoms in total. The van der Waals surface area contributed by atoms with Crippen LogP contribution in [0, 0.1) is 20.8 Å². The van der Waals surface area contributed by atoms with E-state index in [4.69, 9.17) is 4.98 Å². The van der Waals surface area contributed by atoms with E-state index in [1.165, 1.54) is 11.1 Å². The molecule has 136 valence electrons. The molecule has 1 amide bonds. The second-order valence-corrected chi connectivity index (χ2v) is 7.14. The second-order valence-electron chi connectivity index (χ2n) is 7.14. The Hall–Kier alpha value is -2.62. The maximum Gasteiger partial charge on any atom is 0.226 e. The van der Waals surface area contributed by atoms with E-state index in [-0.39, 0.29) is 11.9 Å². The van der Waals surface area contributed by atoms with Crippen LogP contribution in [0.1, 0.15) is 42.7 Å². The highest BCUT2D eigenvalue weighted by Gasteiger charge is 2.19. The third-order valence-corrected chi connectivity index (χ3v) is 5.07. The summed E-state index contributed by atoms with van der Waals surface area (Å²) in [5.41, 5.74) is 7.38. The monoisotopic (exact) mass is 349 g/mol. The fourth-order valence-corrected chi connectivity index (χ4v) is 3.12. The molecule has 1 atom stereocenters. The molecule has 1 aromatic carbocycles. The van der Waals surface area contributed by atoms with Gasteiger partial charge in [-0.1, -0.05) is 25.1 Å². The van der Waals surface area contributed by atoms with Gasteiger partial charge in [-0.2, -0.15) is 0 Å². The number of benzene rings is 1. The van der Waals surface area contributed by atoms with E-state index < -0.39 is 0 Å². The van der Waals surface area contributed by atoms with E-state index in [0.29, 0.717) is 6.42 Å². The van der Waals surface area contributed by atoms with Crippen molar-refractivity contribution in [2.45, 2.75) is 53.5 Å². The first kappa shape index (κ1) is 18.2. The van der Waals surface area contributed by atoms with Crippen LogP contribution < -0.4 is 5.32 Å². The van der Waals surface area contributed by atoms with Crippen LogP contribution in [-0.2, 0) is 11.2 Å². The summed E-state index contributed by atoms with van der Waals surface area (Å²) in [6.45, 7) is 10.4. The molecule has 0 aliphatic heterocycles. The number of pyridine rings is 1. The van der Waals surface area contributed by atoms with Crippen molar-refractivity contribution < 1.29 is 4.79 Å². The number of hydrogen-bond acceptors (Lipinski definition) is 2. The number of carbonyl (C=O) groups is 1. The van der Waals surface area contributed by atoms with Gasteiger partial charge in [-0.05, 0) is 62.9 Å². The highest BCUT2D eigenvalue weighted by atomic mass is 16.1. The summed E-state index contributed by atoms with van der Waals surface area (Å²) in [7, 11) is 0. The largest absolute Gasteiger partial charge is 0.353 e. The van der Waals surface area contributed by atoms with Gasteiger partial charge in [0.05, 0.1) is 17.8 Å². The molecular formula is C22H27N3O. The van der Waals surface area contributed by atoms with Gasteiger partial charge in [0.15, 0.2) is 0 Å². The molecule has 0 saturated carbocycles. The molecule has 0 radical (unpaired) electrons. The second kappa shape index (κ2) is 7.32. The van der Waals surface area contributed by atoms with Crippen molar-refractivity contribution in [3.63, 3.8) is 0 Å². The van der Waals surface area contributed by atoms with Crippen LogP contribution in [0.2, 0.25) is 0 Å². The van der Waals surface area contributed by atoms with E-state index in [9.17, 15) is 4.79 Å². The number of hydrogen-bond donors (Lipinski definition) is 1. The lowest BCUT2D eigenvalue weighted by Crippen LogP contribution is -2.33. The lowest BCUT2D eigenvalue weighted by molar-refractivity contribution is -0.121. The zero-order valence-corrected chi connectivity index (χ0v) is 16.3. The minimum Gasteiger partial charge on any atom is -0.353 e. The molecule has 2 aromatic heterocycles. The van der Waals surface area contributed by atoms with E-state index in [1.54, 1.807) is 0 Å². The Bertz CT molecular complexity index is 955. The summed E-state index contributed by atoms with van der Waals surface area (Å²) in [5, 5.41) is 3.07. The maximum atomic E-state index is 12.6. The van der Waals surface area contributed by atoms with Gasteiger partial charge in [-0.15, -0.1) is 0 Å². The van der Waals surface area contributed by atoms with Gasteiger partial charge >= 0.3 is 0 Å². The van der Waals surface area contributed by atoms with Crippen molar-refractivity contribution in [2.75, 3.05) is 0 Å². The molecule has 0 fully saturated rings.